The van der Waals surface area contributed by atoms with Crippen LogP contribution in [-0.2, 0) is 0 Å². The van der Waals surface area contributed by atoms with E-state index in [0.29, 0.717) is 18.5 Å². The van der Waals surface area contributed by atoms with Crippen LogP contribution in [0.25, 0.3) is 0 Å². The normalized spacial score (nSPS) is 33.3. The van der Waals surface area contributed by atoms with E-state index in [1.807, 2.05) is 0 Å². The van der Waals surface area contributed by atoms with Crippen molar-refractivity contribution in [1.29, 1.82) is 5.26 Å². The van der Waals surface area contributed by atoms with Gasteiger partial charge in [-0.2, -0.15) is 5.26 Å². The van der Waals surface area contributed by atoms with Crippen LogP contribution < -0.4 is 0 Å². The molecule has 0 radical (unpaired) electrons. The van der Waals surface area contributed by atoms with E-state index < -0.39 is 0 Å². The van der Waals surface area contributed by atoms with Gasteiger partial charge in [-0.05, 0) is 25.7 Å². The summed E-state index contributed by atoms with van der Waals surface area (Å²) in [6, 6.07) is 3.65. The van der Waals surface area contributed by atoms with Crippen LogP contribution >= 0.6 is 0 Å². The maximum absolute atomic E-state index is 8.55. The van der Waals surface area contributed by atoms with Crippen molar-refractivity contribution in [3.05, 3.63) is 12.2 Å². The molecule has 0 unspecified atom stereocenters. The van der Waals surface area contributed by atoms with Crippen molar-refractivity contribution < 1.29 is 0 Å². The Bertz CT molecular complexity index is 235. The molecule has 0 aromatic rings. The lowest BCUT2D eigenvalue weighted by Gasteiger charge is -2.35. The highest BCUT2D eigenvalue weighted by atomic mass is 15.2. The van der Waals surface area contributed by atoms with Crippen LogP contribution in [0.15, 0.2) is 12.2 Å². The highest BCUT2D eigenvalue weighted by Crippen LogP contribution is 2.37. The van der Waals surface area contributed by atoms with Gasteiger partial charge in [0.25, 0.3) is 0 Å². The quantitative estimate of drug-likeness (QED) is 0.602. The van der Waals surface area contributed by atoms with Crippen molar-refractivity contribution >= 4 is 0 Å². The summed E-state index contributed by atoms with van der Waals surface area (Å²) < 4.78 is 0. The Morgan fingerprint density at radius 2 is 2.00 bits per heavy atom. The molecule has 2 fully saturated rings. The molecule has 0 N–H and O–H groups in total. The summed E-state index contributed by atoms with van der Waals surface area (Å²) >= 11 is 0. The molecule has 2 atom stereocenters. The van der Waals surface area contributed by atoms with E-state index in [9.17, 15) is 0 Å². The minimum atomic E-state index is 0.680. The summed E-state index contributed by atoms with van der Waals surface area (Å²) in [5.74, 6) is 0. The zero-order chi connectivity index (χ0) is 9.26. The van der Waals surface area contributed by atoms with Gasteiger partial charge in [-0.3, -0.25) is 4.90 Å². The molecular formula is C11H16N2. The van der Waals surface area contributed by atoms with E-state index in [1.165, 1.54) is 31.3 Å². The molecule has 2 heterocycles. The molecule has 0 aromatic heterocycles. The van der Waals surface area contributed by atoms with E-state index >= 15 is 0 Å². The first-order valence-electron chi connectivity index (χ1n) is 5.10. The summed E-state index contributed by atoms with van der Waals surface area (Å²) in [7, 11) is 0. The monoisotopic (exact) mass is 176 g/mol. The lowest BCUT2D eigenvalue weighted by molar-refractivity contribution is 0.170. The molecule has 0 aliphatic carbocycles. The number of hydrogen-bond acceptors (Lipinski definition) is 2. The number of rotatable bonds is 2. The van der Waals surface area contributed by atoms with Crippen LogP contribution in [0.2, 0.25) is 0 Å². The largest absolute Gasteiger partial charge is 0.296 e. The van der Waals surface area contributed by atoms with Gasteiger partial charge in [-0.25, -0.2) is 0 Å². The zero-order valence-corrected chi connectivity index (χ0v) is 8.00. The number of nitrogens with zero attached hydrogens (tertiary/aromatic N) is 2. The Balaban J connectivity index is 1.99. The summed E-state index contributed by atoms with van der Waals surface area (Å²) in [5.41, 5.74) is 1.42. The fourth-order valence-electron chi connectivity index (χ4n) is 2.75. The first-order chi connectivity index (χ1) is 6.31. The third-order valence-corrected chi connectivity index (χ3v) is 3.30. The second-order valence-corrected chi connectivity index (χ2v) is 4.19. The molecule has 2 heteroatoms. The minimum absolute atomic E-state index is 0.680. The van der Waals surface area contributed by atoms with E-state index in [4.69, 9.17) is 5.26 Å². The predicted octanol–water partition coefficient (Wildman–Crippen LogP) is 2.08. The van der Waals surface area contributed by atoms with Crippen LogP contribution in [0.3, 0.4) is 0 Å². The van der Waals surface area contributed by atoms with Gasteiger partial charge in [-0.1, -0.05) is 12.2 Å². The topological polar surface area (TPSA) is 27.0 Å². The van der Waals surface area contributed by atoms with Crippen LogP contribution in [0.4, 0.5) is 0 Å². The maximum Gasteiger partial charge on any atom is 0.0635 e. The average Bonchev–Trinajstić information content (AvgIpc) is 2.33. The van der Waals surface area contributed by atoms with Crippen LogP contribution in [0, 0.1) is 11.3 Å². The lowest BCUT2D eigenvalue weighted by Crippen LogP contribution is -2.40. The van der Waals surface area contributed by atoms with E-state index in [1.54, 1.807) is 0 Å². The molecule has 0 spiro atoms. The molecule has 2 aliphatic heterocycles. The molecule has 0 aromatic carbocycles. The van der Waals surface area contributed by atoms with Crippen LogP contribution in [0.1, 0.15) is 32.1 Å². The third-order valence-electron chi connectivity index (χ3n) is 3.30. The van der Waals surface area contributed by atoms with Crippen molar-refractivity contribution in [2.45, 2.75) is 44.2 Å². The van der Waals surface area contributed by atoms with Gasteiger partial charge in [0.1, 0.15) is 0 Å². The molecular weight excluding hydrogens is 160 g/mol. The molecule has 2 bridgehead atoms. The van der Waals surface area contributed by atoms with Gasteiger partial charge < -0.3 is 0 Å². The van der Waals surface area contributed by atoms with Crippen molar-refractivity contribution in [3.8, 4) is 6.07 Å². The fraction of sp³-hybridized carbons (Fsp3) is 0.727. The predicted molar refractivity (Wildman–Crippen MR) is 52.1 cm³/mol. The smallest absolute Gasteiger partial charge is 0.0635 e. The fourth-order valence-corrected chi connectivity index (χ4v) is 2.75. The molecule has 2 aliphatic rings. The summed E-state index contributed by atoms with van der Waals surface area (Å²) in [6.45, 7) is 5.05. The highest BCUT2D eigenvalue weighted by Gasteiger charge is 2.37. The van der Waals surface area contributed by atoms with E-state index in [2.05, 4.69) is 17.5 Å². The Morgan fingerprint density at radius 3 is 2.54 bits per heavy atom. The van der Waals surface area contributed by atoms with Crippen molar-refractivity contribution in [1.82, 2.24) is 4.90 Å². The maximum atomic E-state index is 8.55. The first-order valence-corrected chi connectivity index (χ1v) is 5.10. The van der Waals surface area contributed by atoms with Gasteiger partial charge in [0.05, 0.1) is 6.07 Å². The Hall–Kier alpha value is -0.810. The van der Waals surface area contributed by atoms with E-state index in [0.717, 1.165) is 6.54 Å². The minimum Gasteiger partial charge on any atom is -0.296 e. The SMILES string of the molecule is C=C1C[C@H]2CC[C@@H](C1)N2CCC#N. The van der Waals surface area contributed by atoms with Gasteiger partial charge in [0.15, 0.2) is 0 Å². The second kappa shape index (κ2) is 3.51. The lowest BCUT2D eigenvalue weighted by atomic mass is 9.98. The number of nitriles is 1. The van der Waals surface area contributed by atoms with Crippen LogP contribution in [0.5, 0.6) is 0 Å². The van der Waals surface area contributed by atoms with Gasteiger partial charge in [0.2, 0.25) is 0 Å². The van der Waals surface area contributed by atoms with Crippen LogP contribution in [-0.4, -0.2) is 23.5 Å². The number of fused-ring (bicyclic) bond motifs is 2. The summed E-state index contributed by atoms with van der Waals surface area (Å²) in [5, 5.41) is 8.55. The number of hydrogen-bond donors (Lipinski definition) is 0. The van der Waals surface area contributed by atoms with Crippen molar-refractivity contribution in [3.63, 3.8) is 0 Å². The van der Waals surface area contributed by atoms with Crippen molar-refractivity contribution in [2.24, 2.45) is 0 Å². The highest BCUT2D eigenvalue weighted by molar-refractivity contribution is 5.10. The Labute approximate surface area is 79.8 Å². The second-order valence-electron chi connectivity index (χ2n) is 4.19. The van der Waals surface area contributed by atoms with E-state index in [-0.39, 0.29) is 0 Å². The molecule has 0 amide bonds. The third kappa shape index (κ3) is 1.62. The molecule has 70 valence electrons. The Morgan fingerprint density at radius 1 is 1.38 bits per heavy atom. The summed E-state index contributed by atoms with van der Waals surface area (Å²) in [6.07, 6.45) is 5.65. The molecule has 2 nitrogen and oxygen atoms in total. The average molecular weight is 176 g/mol. The molecule has 2 rings (SSSR count). The summed E-state index contributed by atoms with van der Waals surface area (Å²) in [4.78, 5) is 2.53. The molecule has 2 saturated heterocycles. The van der Waals surface area contributed by atoms with Gasteiger partial charge in [0, 0.05) is 25.0 Å². The first kappa shape index (κ1) is 8.77. The zero-order valence-electron chi connectivity index (χ0n) is 8.00. The number of piperidine rings is 1. The molecule has 0 saturated carbocycles. The van der Waals surface area contributed by atoms with Crippen molar-refractivity contribution in [2.75, 3.05) is 6.54 Å². The molecule has 13 heavy (non-hydrogen) atoms. The Kier molecular flexibility index (Phi) is 2.37. The van der Waals surface area contributed by atoms with Gasteiger partial charge >= 0.3 is 0 Å². The van der Waals surface area contributed by atoms with Gasteiger partial charge in [-0.15, -0.1) is 0 Å². The standard InChI is InChI=1S/C11H16N2/c1-9-7-10-3-4-11(8-9)13(10)6-2-5-12/h10-11H,1-4,6-8H2/t10-,11+.